The van der Waals surface area contributed by atoms with Crippen LogP contribution in [0, 0.1) is 5.82 Å². The normalized spacial score (nSPS) is 11.6. The molecule has 1 rings (SSSR count). The summed E-state index contributed by atoms with van der Waals surface area (Å²) in [6.07, 6.45) is -3.91. The largest absolute Gasteiger partial charge is 0.491 e. The minimum absolute atomic E-state index is 0.0790. The Hall–Kier alpha value is -0.780. The number of benzene rings is 1. The van der Waals surface area contributed by atoms with Gasteiger partial charge in [0, 0.05) is 10.9 Å². The Morgan fingerprint density at radius 2 is 1.83 bits per heavy atom. The zero-order valence-electron chi connectivity index (χ0n) is 9.57. The predicted octanol–water partition coefficient (Wildman–Crippen LogP) is 5.09. The molecule has 0 fully saturated rings. The van der Waals surface area contributed by atoms with Gasteiger partial charge in [0.2, 0.25) is 0 Å². The van der Waals surface area contributed by atoms with Crippen LogP contribution in [0.5, 0.6) is 5.75 Å². The fourth-order valence-corrected chi connectivity index (χ4v) is 1.71. The summed E-state index contributed by atoms with van der Waals surface area (Å²) in [7, 11) is 0. The van der Waals surface area contributed by atoms with E-state index in [4.69, 9.17) is 4.74 Å². The monoisotopic (exact) mass is 328 g/mol. The van der Waals surface area contributed by atoms with E-state index in [-0.39, 0.29) is 18.8 Å². The molecule has 0 saturated carbocycles. The molecule has 1 nitrogen and oxygen atoms in total. The molecule has 6 heteroatoms. The van der Waals surface area contributed by atoms with Crippen molar-refractivity contribution in [3.05, 3.63) is 28.5 Å². The third-order valence-corrected chi connectivity index (χ3v) is 2.75. The van der Waals surface area contributed by atoms with Crippen molar-refractivity contribution in [2.45, 2.75) is 31.9 Å². The minimum Gasteiger partial charge on any atom is -0.491 e. The zero-order chi connectivity index (χ0) is 13.6. The molecular weight excluding hydrogens is 316 g/mol. The fraction of sp³-hybridized carbons (Fsp3) is 0.500. The van der Waals surface area contributed by atoms with Crippen molar-refractivity contribution in [1.29, 1.82) is 0 Å². The van der Waals surface area contributed by atoms with Gasteiger partial charge in [-0.05, 0) is 37.5 Å². The van der Waals surface area contributed by atoms with Crippen LogP contribution in [0.4, 0.5) is 17.6 Å². The van der Waals surface area contributed by atoms with Crippen molar-refractivity contribution >= 4 is 15.9 Å². The average molecular weight is 329 g/mol. The van der Waals surface area contributed by atoms with E-state index in [1.165, 1.54) is 12.1 Å². The molecule has 0 radical (unpaired) electrons. The summed E-state index contributed by atoms with van der Waals surface area (Å²) in [5, 5.41) is 0. The van der Waals surface area contributed by atoms with Crippen LogP contribution in [0.2, 0.25) is 0 Å². The fourth-order valence-electron chi connectivity index (χ4n) is 1.38. The number of alkyl halides is 3. The molecule has 0 saturated heterocycles. The van der Waals surface area contributed by atoms with Gasteiger partial charge in [0.15, 0.2) is 11.6 Å². The summed E-state index contributed by atoms with van der Waals surface area (Å²) in [5.74, 6) is -0.367. The van der Waals surface area contributed by atoms with Gasteiger partial charge in [-0.3, -0.25) is 0 Å². The van der Waals surface area contributed by atoms with E-state index in [0.29, 0.717) is 17.3 Å². The molecule has 18 heavy (non-hydrogen) atoms. The third kappa shape index (κ3) is 6.23. The Balaban J connectivity index is 2.18. The molecule has 0 aliphatic carbocycles. The highest BCUT2D eigenvalue weighted by molar-refractivity contribution is 9.10. The number of unbranched alkanes of at least 4 members (excludes halogenated alkanes) is 2. The molecular formula is C12H13BrF4O. The van der Waals surface area contributed by atoms with E-state index in [1.54, 1.807) is 6.07 Å². The lowest BCUT2D eigenvalue weighted by Crippen LogP contribution is -2.07. The molecule has 1 aromatic carbocycles. The van der Waals surface area contributed by atoms with Crippen molar-refractivity contribution in [3.63, 3.8) is 0 Å². The van der Waals surface area contributed by atoms with E-state index in [1.807, 2.05) is 0 Å². The highest BCUT2D eigenvalue weighted by Gasteiger charge is 2.25. The van der Waals surface area contributed by atoms with Crippen molar-refractivity contribution in [2.75, 3.05) is 6.61 Å². The Bertz CT molecular complexity index is 379. The maximum atomic E-state index is 13.3. The molecule has 1 aromatic rings. The summed E-state index contributed by atoms with van der Waals surface area (Å²) in [4.78, 5) is 0. The van der Waals surface area contributed by atoms with Gasteiger partial charge in [0.1, 0.15) is 0 Å². The van der Waals surface area contributed by atoms with E-state index in [2.05, 4.69) is 15.9 Å². The lowest BCUT2D eigenvalue weighted by molar-refractivity contribution is -0.135. The molecule has 0 spiro atoms. The van der Waals surface area contributed by atoms with E-state index >= 15 is 0 Å². The van der Waals surface area contributed by atoms with E-state index < -0.39 is 18.4 Å². The van der Waals surface area contributed by atoms with Gasteiger partial charge in [-0.1, -0.05) is 15.9 Å². The van der Waals surface area contributed by atoms with Crippen LogP contribution in [-0.2, 0) is 0 Å². The van der Waals surface area contributed by atoms with Crippen molar-refractivity contribution in [2.24, 2.45) is 0 Å². The summed E-state index contributed by atoms with van der Waals surface area (Å²) in [6.45, 7) is 0.219. The lowest BCUT2D eigenvalue weighted by Gasteiger charge is -2.08. The maximum Gasteiger partial charge on any atom is 0.389 e. The molecule has 102 valence electrons. The average Bonchev–Trinajstić information content (AvgIpc) is 2.24. The van der Waals surface area contributed by atoms with Gasteiger partial charge >= 0.3 is 6.18 Å². The van der Waals surface area contributed by atoms with Crippen LogP contribution >= 0.6 is 15.9 Å². The first-order valence-electron chi connectivity index (χ1n) is 5.53. The molecule has 0 atom stereocenters. The van der Waals surface area contributed by atoms with Crippen LogP contribution in [0.15, 0.2) is 22.7 Å². The van der Waals surface area contributed by atoms with E-state index in [9.17, 15) is 17.6 Å². The molecule has 0 amide bonds. The minimum atomic E-state index is -4.10. The number of hydrogen-bond acceptors (Lipinski definition) is 1. The van der Waals surface area contributed by atoms with Crippen molar-refractivity contribution in [3.8, 4) is 5.75 Å². The third-order valence-electron chi connectivity index (χ3n) is 2.26. The SMILES string of the molecule is Fc1cc(Br)ccc1OCCCCCC(F)(F)F. The lowest BCUT2D eigenvalue weighted by atomic mass is 10.2. The molecule has 0 aromatic heterocycles. The second kappa shape index (κ2) is 6.97. The van der Waals surface area contributed by atoms with Crippen LogP contribution in [-0.4, -0.2) is 12.8 Å². The Kier molecular flexibility index (Phi) is 5.91. The topological polar surface area (TPSA) is 9.23 Å². The Labute approximate surface area is 111 Å². The molecule has 0 aliphatic rings. The smallest absolute Gasteiger partial charge is 0.389 e. The molecule has 0 unspecified atom stereocenters. The first-order chi connectivity index (χ1) is 8.38. The molecule has 0 bridgehead atoms. The van der Waals surface area contributed by atoms with Gasteiger partial charge in [-0.15, -0.1) is 0 Å². The maximum absolute atomic E-state index is 13.3. The standard InChI is InChI=1S/C12H13BrF4O/c13-9-4-5-11(10(14)8-9)18-7-3-1-2-6-12(15,16)17/h4-5,8H,1-3,6-7H2. The predicted molar refractivity (Wildman–Crippen MR) is 64.1 cm³/mol. The van der Waals surface area contributed by atoms with Crippen molar-refractivity contribution in [1.82, 2.24) is 0 Å². The summed E-state index contributed by atoms with van der Waals surface area (Å²) in [6, 6.07) is 4.40. The van der Waals surface area contributed by atoms with Gasteiger partial charge in [0.25, 0.3) is 0 Å². The Morgan fingerprint density at radius 3 is 2.44 bits per heavy atom. The van der Waals surface area contributed by atoms with Crippen LogP contribution in [0.1, 0.15) is 25.7 Å². The van der Waals surface area contributed by atoms with Crippen LogP contribution in [0.3, 0.4) is 0 Å². The number of ether oxygens (including phenoxy) is 1. The summed E-state index contributed by atoms with van der Waals surface area (Å²) < 4.78 is 54.5. The molecule has 0 aliphatic heterocycles. The molecule has 0 heterocycles. The summed E-state index contributed by atoms with van der Waals surface area (Å²) in [5.41, 5.74) is 0. The van der Waals surface area contributed by atoms with Gasteiger partial charge in [0.05, 0.1) is 6.61 Å². The number of rotatable bonds is 6. The van der Waals surface area contributed by atoms with Gasteiger partial charge in [-0.2, -0.15) is 13.2 Å². The highest BCUT2D eigenvalue weighted by Crippen LogP contribution is 2.23. The van der Waals surface area contributed by atoms with Crippen LogP contribution in [0.25, 0.3) is 0 Å². The Morgan fingerprint density at radius 1 is 1.11 bits per heavy atom. The van der Waals surface area contributed by atoms with Gasteiger partial charge in [-0.25, -0.2) is 4.39 Å². The first kappa shape index (κ1) is 15.3. The van der Waals surface area contributed by atoms with Crippen molar-refractivity contribution < 1.29 is 22.3 Å². The second-order valence-corrected chi connectivity index (χ2v) is 4.76. The highest BCUT2D eigenvalue weighted by atomic mass is 79.9. The number of hydrogen-bond donors (Lipinski definition) is 0. The van der Waals surface area contributed by atoms with E-state index in [0.717, 1.165) is 0 Å². The first-order valence-corrected chi connectivity index (χ1v) is 6.32. The second-order valence-electron chi connectivity index (χ2n) is 3.85. The zero-order valence-corrected chi connectivity index (χ0v) is 11.2. The summed E-state index contributed by atoms with van der Waals surface area (Å²) >= 11 is 3.12. The molecule has 0 N–H and O–H groups in total. The van der Waals surface area contributed by atoms with Gasteiger partial charge < -0.3 is 4.74 Å². The van der Waals surface area contributed by atoms with Crippen LogP contribution < -0.4 is 4.74 Å². The number of halogens is 5. The quantitative estimate of drug-likeness (QED) is 0.522.